The number of rotatable bonds is 3. The van der Waals surface area contributed by atoms with Gasteiger partial charge in [-0.25, -0.2) is 9.48 Å². The van der Waals surface area contributed by atoms with Crippen molar-refractivity contribution in [3.05, 3.63) is 47.7 Å². The van der Waals surface area contributed by atoms with E-state index in [1.54, 1.807) is 29.2 Å². The molecule has 0 radical (unpaired) electrons. The van der Waals surface area contributed by atoms with Gasteiger partial charge >= 0.3 is 5.97 Å². The molecule has 4 rings (SSSR count). The van der Waals surface area contributed by atoms with Crippen molar-refractivity contribution in [3.63, 3.8) is 0 Å². The summed E-state index contributed by atoms with van der Waals surface area (Å²) in [7, 11) is 0. The molecule has 1 atom stereocenters. The van der Waals surface area contributed by atoms with Crippen molar-refractivity contribution >= 4 is 34.3 Å². The minimum absolute atomic E-state index is 0.543. The first-order valence-electron chi connectivity index (χ1n) is 8.23. The molecule has 3 heterocycles. The van der Waals surface area contributed by atoms with E-state index in [0.29, 0.717) is 23.8 Å². The first-order chi connectivity index (χ1) is 12.1. The van der Waals surface area contributed by atoms with Gasteiger partial charge in [-0.3, -0.25) is 4.98 Å². The predicted octanol–water partition coefficient (Wildman–Crippen LogP) is 3.52. The Balaban J connectivity index is 1.87. The number of fused-ring (bicyclic) bond motifs is 1. The van der Waals surface area contributed by atoms with Crippen LogP contribution in [0.2, 0.25) is 5.02 Å². The number of piperidine rings is 1. The number of hydrogen-bond acceptors (Lipinski definition) is 4. The molecule has 1 N–H and O–H groups in total. The standard InChI is InChI=1S/C18H17ClN4O2/c19-12-4-6-13(7-5-12)23-16-11-20-9-8-14(16)17(21-23)22-10-2-1-3-15(22)18(24)25/h4-9,11,15H,1-3,10H2,(H,24,25). The number of carbonyl (C=O) groups is 1. The van der Waals surface area contributed by atoms with Gasteiger partial charge in [0.25, 0.3) is 0 Å². The molecule has 1 aromatic carbocycles. The van der Waals surface area contributed by atoms with Gasteiger partial charge in [-0.2, -0.15) is 0 Å². The highest BCUT2D eigenvalue weighted by atomic mass is 35.5. The molecule has 1 fully saturated rings. The van der Waals surface area contributed by atoms with Crippen molar-refractivity contribution < 1.29 is 9.90 Å². The van der Waals surface area contributed by atoms with E-state index < -0.39 is 12.0 Å². The van der Waals surface area contributed by atoms with Gasteiger partial charge in [0.15, 0.2) is 5.82 Å². The SMILES string of the molecule is O=C(O)C1CCCCN1c1nn(-c2ccc(Cl)cc2)c2cnccc12. The van der Waals surface area contributed by atoms with Gasteiger partial charge in [-0.1, -0.05) is 11.6 Å². The van der Waals surface area contributed by atoms with Crippen LogP contribution in [0.15, 0.2) is 42.7 Å². The number of carboxylic acids is 1. The minimum Gasteiger partial charge on any atom is -0.480 e. The molecule has 1 aliphatic rings. The number of nitrogens with zero attached hydrogens (tertiary/aromatic N) is 4. The molecule has 6 nitrogen and oxygen atoms in total. The second-order valence-electron chi connectivity index (χ2n) is 6.15. The van der Waals surface area contributed by atoms with E-state index in [4.69, 9.17) is 16.7 Å². The lowest BCUT2D eigenvalue weighted by atomic mass is 10.0. The van der Waals surface area contributed by atoms with Gasteiger partial charge < -0.3 is 10.0 Å². The Morgan fingerprint density at radius 1 is 1.20 bits per heavy atom. The average Bonchev–Trinajstić information content (AvgIpc) is 3.02. The van der Waals surface area contributed by atoms with Crippen molar-refractivity contribution in [2.24, 2.45) is 0 Å². The van der Waals surface area contributed by atoms with Gasteiger partial charge in [-0.05, 0) is 49.6 Å². The zero-order chi connectivity index (χ0) is 17.4. The molecule has 1 aliphatic heterocycles. The Bertz CT molecular complexity index is 922. The average molecular weight is 357 g/mol. The number of anilines is 1. The molecule has 128 valence electrons. The predicted molar refractivity (Wildman–Crippen MR) is 96.5 cm³/mol. The summed E-state index contributed by atoms with van der Waals surface area (Å²) in [6.07, 6.45) is 5.98. The van der Waals surface area contributed by atoms with Crippen LogP contribution in [0.25, 0.3) is 16.6 Å². The Labute approximate surface area is 149 Å². The number of aliphatic carboxylic acids is 1. The first-order valence-corrected chi connectivity index (χ1v) is 8.61. The van der Waals surface area contributed by atoms with E-state index in [2.05, 4.69) is 4.98 Å². The number of pyridine rings is 1. The fourth-order valence-electron chi connectivity index (χ4n) is 3.38. The summed E-state index contributed by atoms with van der Waals surface area (Å²) in [5.41, 5.74) is 1.70. The molecular weight excluding hydrogens is 340 g/mol. The van der Waals surface area contributed by atoms with Crippen LogP contribution in [0.3, 0.4) is 0 Å². The maximum absolute atomic E-state index is 11.7. The maximum atomic E-state index is 11.7. The molecular formula is C18H17ClN4O2. The fourth-order valence-corrected chi connectivity index (χ4v) is 3.51. The molecule has 0 aliphatic carbocycles. The zero-order valence-electron chi connectivity index (χ0n) is 13.5. The second kappa shape index (κ2) is 6.37. The largest absolute Gasteiger partial charge is 0.480 e. The Kier molecular flexibility index (Phi) is 4.05. The third-order valence-corrected chi connectivity index (χ3v) is 4.85. The van der Waals surface area contributed by atoms with E-state index in [-0.39, 0.29) is 0 Å². The summed E-state index contributed by atoms with van der Waals surface area (Å²) in [6, 6.07) is 8.73. The Morgan fingerprint density at radius 3 is 2.76 bits per heavy atom. The van der Waals surface area contributed by atoms with Gasteiger partial charge in [0.05, 0.1) is 17.4 Å². The van der Waals surface area contributed by atoms with E-state index in [1.807, 2.05) is 23.1 Å². The van der Waals surface area contributed by atoms with E-state index in [0.717, 1.165) is 29.4 Å². The number of halogens is 1. The first kappa shape index (κ1) is 15.9. The van der Waals surface area contributed by atoms with Crippen LogP contribution in [-0.4, -0.2) is 38.4 Å². The van der Waals surface area contributed by atoms with Crippen LogP contribution in [-0.2, 0) is 4.79 Å². The zero-order valence-corrected chi connectivity index (χ0v) is 14.2. The van der Waals surface area contributed by atoms with Crippen LogP contribution < -0.4 is 4.90 Å². The molecule has 7 heteroatoms. The van der Waals surface area contributed by atoms with Crippen molar-refractivity contribution in [3.8, 4) is 5.69 Å². The minimum atomic E-state index is -0.803. The van der Waals surface area contributed by atoms with Crippen molar-refractivity contribution in [1.29, 1.82) is 0 Å². The van der Waals surface area contributed by atoms with Gasteiger partial charge in [-0.15, -0.1) is 5.10 Å². The molecule has 2 aromatic heterocycles. The molecule has 0 spiro atoms. The van der Waals surface area contributed by atoms with Crippen LogP contribution in [0, 0.1) is 0 Å². The van der Waals surface area contributed by atoms with Crippen LogP contribution >= 0.6 is 11.6 Å². The molecule has 25 heavy (non-hydrogen) atoms. The third-order valence-electron chi connectivity index (χ3n) is 4.59. The van der Waals surface area contributed by atoms with Crippen LogP contribution in [0.1, 0.15) is 19.3 Å². The summed E-state index contributed by atoms with van der Waals surface area (Å²) in [4.78, 5) is 17.8. The van der Waals surface area contributed by atoms with Crippen molar-refractivity contribution in [1.82, 2.24) is 14.8 Å². The fraction of sp³-hybridized carbons (Fsp3) is 0.278. The third kappa shape index (κ3) is 2.82. The number of benzene rings is 1. The topological polar surface area (TPSA) is 71.2 Å². The molecule has 1 unspecified atom stereocenters. The van der Waals surface area contributed by atoms with Gasteiger partial charge in [0, 0.05) is 23.2 Å². The Hall–Kier alpha value is -2.60. The van der Waals surface area contributed by atoms with Gasteiger partial charge in [0.2, 0.25) is 0 Å². The van der Waals surface area contributed by atoms with Crippen LogP contribution in [0.5, 0.6) is 0 Å². The maximum Gasteiger partial charge on any atom is 0.326 e. The Morgan fingerprint density at radius 2 is 2.00 bits per heavy atom. The normalized spacial score (nSPS) is 17.8. The van der Waals surface area contributed by atoms with E-state index in [9.17, 15) is 9.90 Å². The number of hydrogen-bond donors (Lipinski definition) is 1. The summed E-state index contributed by atoms with van der Waals surface area (Å²) in [6.45, 7) is 0.687. The molecule has 1 saturated heterocycles. The molecule has 0 amide bonds. The number of carboxylic acid groups (broad SMARTS) is 1. The second-order valence-corrected chi connectivity index (χ2v) is 6.58. The highest BCUT2D eigenvalue weighted by Crippen LogP contribution is 2.32. The van der Waals surface area contributed by atoms with Crippen LogP contribution in [0.4, 0.5) is 5.82 Å². The van der Waals surface area contributed by atoms with Crippen molar-refractivity contribution in [2.45, 2.75) is 25.3 Å². The summed E-state index contributed by atoms with van der Waals surface area (Å²) < 4.78 is 1.79. The van der Waals surface area contributed by atoms with E-state index in [1.165, 1.54) is 0 Å². The lowest BCUT2D eigenvalue weighted by Gasteiger charge is -2.33. The highest BCUT2D eigenvalue weighted by molar-refractivity contribution is 6.30. The summed E-state index contributed by atoms with van der Waals surface area (Å²) >= 11 is 5.98. The monoisotopic (exact) mass is 356 g/mol. The summed E-state index contributed by atoms with van der Waals surface area (Å²) in [5.74, 6) is -0.109. The lowest BCUT2D eigenvalue weighted by molar-refractivity contribution is -0.139. The van der Waals surface area contributed by atoms with Crippen molar-refractivity contribution in [2.75, 3.05) is 11.4 Å². The smallest absolute Gasteiger partial charge is 0.326 e. The summed E-state index contributed by atoms with van der Waals surface area (Å²) in [5, 5.41) is 15.9. The lowest BCUT2D eigenvalue weighted by Crippen LogP contribution is -2.45. The quantitative estimate of drug-likeness (QED) is 0.777. The number of aromatic nitrogens is 3. The molecule has 0 saturated carbocycles. The molecule has 3 aromatic rings. The van der Waals surface area contributed by atoms with Gasteiger partial charge in [0.1, 0.15) is 6.04 Å². The highest BCUT2D eigenvalue weighted by Gasteiger charge is 2.31. The van der Waals surface area contributed by atoms with E-state index >= 15 is 0 Å². The molecule has 0 bridgehead atoms.